The maximum absolute atomic E-state index is 12.6. The van der Waals surface area contributed by atoms with E-state index in [2.05, 4.69) is 44.7 Å². The molecular formula is C22H25N5O2. The molecule has 1 amide bonds. The summed E-state index contributed by atoms with van der Waals surface area (Å²) in [5, 5.41) is 9.85. The van der Waals surface area contributed by atoms with Crippen LogP contribution in [0.5, 0.6) is 0 Å². The highest BCUT2D eigenvalue weighted by Crippen LogP contribution is 2.24. The molecule has 3 heterocycles. The Morgan fingerprint density at radius 1 is 1.10 bits per heavy atom. The van der Waals surface area contributed by atoms with Crippen molar-refractivity contribution in [2.45, 2.75) is 26.7 Å². The lowest BCUT2D eigenvalue weighted by atomic mass is 9.99. The molecule has 1 saturated heterocycles. The van der Waals surface area contributed by atoms with Crippen LogP contribution in [0, 0.1) is 12.8 Å². The molecule has 4 rings (SSSR count). The van der Waals surface area contributed by atoms with Crippen LogP contribution < -0.4 is 15.5 Å². The molecule has 0 atom stereocenters. The molecule has 150 valence electrons. The monoisotopic (exact) mass is 391 g/mol. The van der Waals surface area contributed by atoms with Crippen molar-refractivity contribution in [1.29, 1.82) is 0 Å². The van der Waals surface area contributed by atoms with Crippen LogP contribution in [0.1, 0.15) is 35.9 Å². The second-order valence-electron chi connectivity index (χ2n) is 7.55. The predicted octanol–water partition coefficient (Wildman–Crippen LogP) is 4.61. The average Bonchev–Trinajstić information content (AvgIpc) is 3.14. The fourth-order valence-electron chi connectivity index (χ4n) is 3.42. The van der Waals surface area contributed by atoms with Gasteiger partial charge in [0.25, 0.3) is 5.91 Å². The number of rotatable bonds is 5. The first kappa shape index (κ1) is 19.0. The van der Waals surface area contributed by atoms with Crippen molar-refractivity contribution in [1.82, 2.24) is 10.1 Å². The van der Waals surface area contributed by atoms with E-state index in [4.69, 9.17) is 4.52 Å². The lowest BCUT2D eigenvalue weighted by Crippen LogP contribution is -2.32. The van der Waals surface area contributed by atoms with Gasteiger partial charge in [0.15, 0.2) is 5.82 Å². The number of benzene rings is 1. The van der Waals surface area contributed by atoms with Crippen LogP contribution >= 0.6 is 0 Å². The van der Waals surface area contributed by atoms with Crippen molar-refractivity contribution in [2.24, 2.45) is 5.92 Å². The molecular weight excluding hydrogens is 366 g/mol. The summed E-state index contributed by atoms with van der Waals surface area (Å²) in [7, 11) is 0. The van der Waals surface area contributed by atoms with Gasteiger partial charge in [-0.2, -0.15) is 0 Å². The van der Waals surface area contributed by atoms with Gasteiger partial charge in [-0.15, -0.1) is 0 Å². The summed E-state index contributed by atoms with van der Waals surface area (Å²) < 4.78 is 5.03. The minimum Gasteiger partial charge on any atom is -0.372 e. The van der Waals surface area contributed by atoms with E-state index in [1.807, 2.05) is 19.1 Å². The molecule has 3 aromatic rings. The zero-order valence-corrected chi connectivity index (χ0v) is 16.7. The van der Waals surface area contributed by atoms with Crippen LogP contribution in [-0.4, -0.2) is 29.1 Å². The molecule has 2 aromatic heterocycles. The number of piperidine rings is 1. The second kappa shape index (κ2) is 8.34. The van der Waals surface area contributed by atoms with Crippen LogP contribution in [0.2, 0.25) is 0 Å². The quantitative estimate of drug-likeness (QED) is 0.661. The summed E-state index contributed by atoms with van der Waals surface area (Å²) >= 11 is 0. The Morgan fingerprint density at radius 3 is 2.55 bits per heavy atom. The molecule has 29 heavy (non-hydrogen) atoms. The third-order valence-electron chi connectivity index (χ3n) is 5.18. The van der Waals surface area contributed by atoms with Gasteiger partial charge in [-0.1, -0.05) is 12.1 Å². The van der Waals surface area contributed by atoms with Crippen molar-refractivity contribution < 1.29 is 9.32 Å². The van der Waals surface area contributed by atoms with E-state index in [0.29, 0.717) is 23.0 Å². The van der Waals surface area contributed by atoms with Crippen LogP contribution in [-0.2, 0) is 0 Å². The maximum atomic E-state index is 12.6. The molecule has 1 fully saturated rings. The molecule has 1 aliphatic rings. The third-order valence-corrected chi connectivity index (χ3v) is 5.18. The first-order chi connectivity index (χ1) is 14.1. The molecule has 7 nitrogen and oxygen atoms in total. The number of amides is 1. The van der Waals surface area contributed by atoms with E-state index in [-0.39, 0.29) is 5.91 Å². The van der Waals surface area contributed by atoms with Crippen LogP contribution in [0.25, 0.3) is 0 Å². The normalized spacial score (nSPS) is 14.6. The lowest BCUT2D eigenvalue weighted by Gasteiger charge is -2.32. The number of carbonyl (C=O) groups is 1. The van der Waals surface area contributed by atoms with E-state index in [0.717, 1.165) is 24.7 Å². The van der Waals surface area contributed by atoms with Gasteiger partial charge in [0, 0.05) is 42.3 Å². The molecule has 0 radical (unpaired) electrons. The van der Waals surface area contributed by atoms with Crippen molar-refractivity contribution in [3.63, 3.8) is 0 Å². The van der Waals surface area contributed by atoms with Gasteiger partial charge >= 0.3 is 0 Å². The van der Waals surface area contributed by atoms with E-state index in [1.54, 1.807) is 24.4 Å². The standard InChI is InChI=1S/C22H25N5O2/c1-15-8-11-27(12-9-15)19-5-3-18(4-6-19)24-22(28)17-7-10-23-20(14-17)25-21-13-16(2)29-26-21/h3-7,10,13-15H,8-9,11-12H2,1-2H3,(H,24,28)(H,23,25,26). The molecule has 0 unspecified atom stereocenters. The summed E-state index contributed by atoms with van der Waals surface area (Å²) in [6, 6.07) is 13.2. The van der Waals surface area contributed by atoms with Crippen molar-refractivity contribution in [3.8, 4) is 0 Å². The minimum absolute atomic E-state index is 0.189. The molecule has 0 bridgehead atoms. The minimum atomic E-state index is -0.189. The number of hydrogen-bond acceptors (Lipinski definition) is 6. The predicted molar refractivity (Wildman–Crippen MR) is 114 cm³/mol. The van der Waals surface area contributed by atoms with E-state index < -0.39 is 0 Å². The molecule has 0 saturated carbocycles. The van der Waals surface area contributed by atoms with E-state index >= 15 is 0 Å². The van der Waals surface area contributed by atoms with Crippen LogP contribution in [0.15, 0.2) is 53.2 Å². The Morgan fingerprint density at radius 2 is 1.86 bits per heavy atom. The second-order valence-corrected chi connectivity index (χ2v) is 7.55. The average molecular weight is 391 g/mol. The van der Waals surface area contributed by atoms with Gasteiger partial charge in [0.1, 0.15) is 11.6 Å². The van der Waals surface area contributed by atoms with Crippen molar-refractivity contribution in [3.05, 3.63) is 60.0 Å². The summed E-state index contributed by atoms with van der Waals surface area (Å²) in [6.45, 7) is 6.30. The first-order valence-corrected chi connectivity index (χ1v) is 9.89. The fourth-order valence-corrected chi connectivity index (χ4v) is 3.42. The molecule has 0 aliphatic carbocycles. The maximum Gasteiger partial charge on any atom is 0.255 e. The summed E-state index contributed by atoms with van der Waals surface area (Å²) in [5.41, 5.74) is 2.48. The zero-order valence-electron chi connectivity index (χ0n) is 16.7. The fraction of sp³-hybridized carbons (Fsp3) is 0.318. The number of hydrogen-bond donors (Lipinski definition) is 2. The number of nitrogens with one attached hydrogen (secondary N) is 2. The van der Waals surface area contributed by atoms with Gasteiger partial charge in [-0.05, 0) is 62.1 Å². The number of pyridine rings is 1. The number of anilines is 4. The highest BCUT2D eigenvalue weighted by molar-refractivity contribution is 6.04. The molecule has 0 spiro atoms. The number of carbonyl (C=O) groups excluding carboxylic acids is 1. The third kappa shape index (κ3) is 4.74. The zero-order chi connectivity index (χ0) is 20.2. The Hall–Kier alpha value is -3.35. The molecule has 7 heteroatoms. The highest BCUT2D eigenvalue weighted by atomic mass is 16.5. The van der Waals surface area contributed by atoms with Crippen LogP contribution in [0.3, 0.4) is 0 Å². The Bertz CT molecular complexity index is 975. The van der Waals surface area contributed by atoms with Crippen molar-refractivity contribution in [2.75, 3.05) is 28.6 Å². The summed E-state index contributed by atoms with van der Waals surface area (Å²) in [4.78, 5) is 19.3. The molecule has 1 aliphatic heterocycles. The molecule has 2 N–H and O–H groups in total. The van der Waals surface area contributed by atoms with Gasteiger partial charge in [-0.25, -0.2) is 4.98 Å². The van der Waals surface area contributed by atoms with Crippen LogP contribution in [0.4, 0.5) is 23.0 Å². The van der Waals surface area contributed by atoms with Gasteiger partial charge in [0.05, 0.1) is 0 Å². The topological polar surface area (TPSA) is 83.3 Å². The largest absolute Gasteiger partial charge is 0.372 e. The SMILES string of the molecule is Cc1cc(Nc2cc(C(=O)Nc3ccc(N4CCC(C)CC4)cc3)ccn2)no1. The van der Waals surface area contributed by atoms with E-state index in [1.165, 1.54) is 18.5 Å². The van der Waals surface area contributed by atoms with E-state index in [9.17, 15) is 4.79 Å². The lowest BCUT2D eigenvalue weighted by molar-refractivity contribution is 0.102. The Balaban J connectivity index is 1.39. The molecule has 1 aromatic carbocycles. The van der Waals surface area contributed by atoms with Gasteiger partial charge in [-0.3, -0.25) is 4.79 Å². The summed E-state index contributed by atoms with van der Waals surface area (Å²) in [6.07, 6.45) is 4.04. The van der Waals surface area contributed by atoms with Gasteiger partial charge in [0.2, 0.25) is 0 Å². The Labute approximate surface area is 170 Å². The van der Waals surface area contributed by atoms with Gasteiger partial charge < -0.3 is 20.1 Å². The number of aromatic nitrogens is 2. The first-order valence-electron chi connectivity index (χ1n) is 9.89. The number of nitrogens with zero attached hydrogens (tertiary/aromatic N) is 3. The van der Waals surface area contributed by atoms with Crippen molar-refractivity contribution >= 4 is 28.9 Å². The Kier molecular flexibility index (Phi) is 5.46. The highest BCUT2D eigenvalue weighted by Gasteiger charge is 2.16. The summed E-state index contributed by atoms with van der Waals surface area (Å²) in [5.74, 6) is 2.39. The number of aryl methyl sites for hydroxylation is 1. The smallest absolute Gasteiger partial charge is 0.255 e.